The van der Waals surface area contributed by atoms with E-state index in [-0.39, 0.29) is 5.41 Å². The quantitative estimate of drug-likeness (QED) is 0.176. The Labute approximate surface area is 296 Å². The lowest BCUT2D eigenvalue weighted by atomic mass is 9.58. The largest absolute Gasteiger partial charge is 0.278 e. The van der Waals surface area contributed by atoms with E-state index in [9.17, 15) is 0 Å². The lowest BCUT2D eigenvalue weighted by Crippen LogP contribution is -2.35. The van der Waals surface area contributed by atoms with Crippen LogP contribution in [0.3, 0.4) is 0 Å². The predicted molar refractivity (Wildman–Crippen MR) is 211 cm³/mol. The monoisotopic (exact) mass is 653 g/mol. The SMILES string of the molecule is CC1CC=CC2=C1[C@]1(C)Cc3c2cc2c(c3-c3ccccc3[C@@H]1C)c1cc3ccccc3cc1n2-c1nc2c3c(cccc3n1)-c1ccccc1-2. The van der Waals surface area contributed by atoms with E-state index in [1.807, 2.05) is 0 Å². The molecule has 2 aromatic heterocycles. The first-order valence-electron chi connectivity index (χ1n) is 18.4. The molecule has 0 saturated carbocycles. The summed E-state index contributed by atoms with van der Waals surface area (Å²) in [7, 11) is 0. The molecule has 0 N–H and O–H groups in total. The molecule has 2 bridgehead atoms. The Morgan fingerprint density at radius 1 is 0.686 bits per heavy atom. The molecule has 0 amide bonds. The molecule has 6 aromatic carbocycles. The summed E-state index contributed by atoms with van der Waals surface area (Å²) in [4.78, 5) is 10.9. The molecule has 3 nitrogen and oxygen atoms in total. The minimum atomic E-state index is 0.0311. The molecule has 12 rings (SSSR count). The Hall–Kier alpha value is -5.80. The summed E-state index contributed by atoms with van der Waals surface area (Å²) in [5.41, 5.74) is 18.1. The van der Waals surface area contributed by atoms with Crippen molar-refractivity contribution in [1.29, 1.82) is 0 Å². The number of benzene rings is 6. The molecule has 8 aromatic rings. The van der Waals surface area contributed by atoms with Crippen LogP contribution in [0.4, 0.5) is 0 Å². The van der Waals surface area contributed by atoms with Crippen LogP contribution in [0, 0.1) is 11.3 Å². The van der Waals surface area contributed by atoms with Crippen molar-refractivity contribution in [3.8, 4) is 39.5 Å². The molecule has 4 aliphatic carbocycles. The average Bonchev–Trinajstić information content (AvgIpc) is 3.62. The third kappa shape index (κ3) is 3.40. The molecule has 3 atom stereocenters. The smallest absolute Gasteiger partial charge is 0.235 e. The zero-order chi connectivity index (χ0) is 33.7. The van der Waals surface area contributed by atoms with Gasteiger partial charge in [-0.1, -0.05) is 123 Å². The van der Waals surface area contributed by atoms with Crippen molar-refractivity contribution in [2.45, 2.75) is 39.5 Å². The van der Waals surface area contributed by atoms with Crippen molar-refractivity contribution in [3.63, 3.8) is 0 Å². The first-order valence-corrected chi connectivity index (χ1v) is 18.4. The van der Waals surface area contributed by atoms with Crippen molar-refractivity contribution in [1.82, 2.24) is 14.5 Å². The van der Waals surface area contributed by atoms with Gasteiger partial charge >= 0.3 is 0 Å². The number of aromatic nitrogens is 3. The summed E-state index contributed by atoms with van der Waals surface area (Å²) in [5, 5.41) is 6.19. The van der Waals surface area contributed by atoms with E-state index < -0.39 is 0 Å². The highest BCUT2D eigenvalue weighted by atomic mass is 15.2. The average molecular weight is 654 g/mol. The standard InChI is InChI=1S/C48H35N3/c1-26-12-10-20-34-36-24-41-44(42-32-17-8-6-15-30(32)27(2)48(3,45(26)34)25-38(36)42)37-22-28-13-4-5-14-29(28)23-40(37)51(41)47-49-39-21-11-19-33-31-16-7-9-18-35(31)46(50-47)43(33)39/h4-11,13-24,26-27H,12,25H2,1-3H3/t26?,27-,48+/m0/s1. The van der Waals surface area contributed by atoms with Gasteiger partial charge in [0.2, 0.25) is 5.95 Å². The van der Waals surface area contributed by atoms with Gasteiger partial charge in [0.25, 0.3) is 0 Å². The fourth-order valence-electron chi connectivity index (χ4n) is 10.7. The molecule has 0 radical (unpaired) electrons. The van der Waals surface area contributed by atoms with Gasteiger partial charge in [0.1, 0.15) is 0 Å². The van der Waals surface area contributed by atoms with Gasteiger partial charge in [-0.2, -0.15) is 0 Å². The molecule has 3 heteroatoms. The van der Waals surface area contributed by atoms with Crippen LogP contribution in [0.25, 0.3) is 88.5 Å². The van der Waals surface area contributed by atoms with E-state index in [1.54, 1.807) is 5.57 Å². The molecule has 4 aliphatic rings. The second kappa shape index (κ2) is 9.50. The van der Waals surface area contributed by atoms with Crippen LogP contribution in [0.2, 0.25) is 0 Å². The van der Waals surface area contributed by atoms with E-state index in [4.69, 9.17) is 9.97 Å². The van der Waals surface area contributed by atoms with Crippen LogP contribution in [0.15, 0.2) is 127 Å². The van der Waals surface area contributed by atoms with Crippen LogP contribution < -0.4 is 0 Å². The predicted octanol–water partition coefficient (Wildman–Crippen LogP) is 12.2. The summed E-state index contributed by atoms with van der Waals surface area (Å²) in [6.07, 6.45) is 6.98. The van der Waals surface area contributed by atoms with Crippen molar-refractivity contribution in [2.75, 3.05) is 0 Å². The molecule has 0 saturated heterocycles. The summed E-state index contributed by atoms with van der Waals surface area (Å²) < 4.78 is 2.39. The first-order chi connectivity index (χ1) is 25.0. The zero-order valence-corrected chi connectivity index (χ0v) is 29.0. The number of hydrogen-bond acceptors (Lipinski definition) is 2. The van der Waals surface area contributed by atoms with Gasteiger partial charge < -0.3 is 0 Å². The van der Waals surface area contributed by atoms with E-state index >= 15 is 0 Å². The number of nitrogens with zero attached hydrogens (tertiary/aromatic N) is 3. The fraction of sp³-hybridized carbons (Fsp3) is 0.167. The number of fused-ring (bicyclic) bond motifs is 13. The van der Waals surface area contributed by atoms with Crippen LogP contribution in [-0.4, -0.2) is 14.5 Å². The molecular weight excluding hydrogens is 619 g/mol. The van der Waals surface area contributed by atoms with Crippen LogP contribution in [-0.2, 0) is 6.42 Å². The molecule has 2 heterocycles. The molecule has 1 unspecified atom stereocenters. The summed E-state index contributed by atoms with van der Waals surface area (Å²) in [5.74, 6) is 1.60. The summed E-state index contributed by atoms with van der Waals surface area (Å²) >= 11 is 0. The van der Waals surface area contributed by atoms with E-state index in [0.717, 1.165) is 40.9 Å². The topological polar surface area (TPSA) is 30.7 Å². The number of allylic oxidation sites excluding steroid dienone is 4. The van der Waals surface area contributed by atoms with Gasteiger partial charge in [-0.05, 0) is 104 Å². The Balaban J connectivity index is 1.30. The Bertz CT molecular complexity index is 2970. The zero-order valence-electron chi connectivity index (χ0n) is 29.0. The Kier molecular flexibility index (Phi) is 5.21. The van der Waals surface area contributed by atoms with Crippen LogP contribution in [0.5, 0.6) is 0 Å². The van der Waals surface area contributed by atoms with Gasteiger partial charge in [-0.3, -0.25) is 4.57 Å². The summed E-state index contributed by atoms with van der Waals surface area (Å²) in [6.45, 7) is 7.48. The van der Waals surface area contributed by atoms with E-state index in [2.05, 4.69) is 147 Å². The normalized spacial score (nSPS) is 21.0. The minimum Gasteiger partial charge on any atom is -0.278 e. The molecule has 0 aliphatic heterocycles. The second-order valence-electron chi connectivity index (χ2n) is 15.6. The first kappa shape index (κ1) is 28.0. The highest BCUT2D eigenvalue weighted by Crippen LogP contribution is 2.61. The van der Waals surface area contributed by atoms with Crippen LogP contribution in [0.1, 0.15) is 49.8 Å². The van der Waals surface area contributed by atoms with Gasteiger partial charge in [-0.15, -0.1) is 0 Å². The van der Waals surface area contributed by atoms with Crippen molar-refractivity contribution in [3.05, 3.63) is 144 Å². The molecule has 242 valence electrons. The van der Waals surface area contributed by atoms with E-state index in [1.165, 1.54) is 77.1 Å². The minimum absolute atomic E-state index is 0.0311. The maximum absolute atomic E-state index is 5.52. The highest BCUT2D eigenvalue weighted by molar-refractivity contribution is 6.21. The van der Waals surface area contributed by atoms with Crippen molar-refractivity contribution < 1.29 is 0 Å². The lowest BCUT2D eigenvalue weighted by molar-refractivity contribution is 0.295. The fourth-order valence-corrected chi connectivity index (χ4v) is 10.7. The molecule has 0 spiro atoms. The van der Waals surface area contributed by atoms with Crippen molar-refractivity contribution in [2.24, 2.45) is 11.3 Å². The van der Waals surface area contributed by atoms with Gasteiger partial charge in [-0.25, -0.2) is 9.97 Å². The number of hydrogen-bond donors (Lipinski definition) is 0. The Morgan fingerprint density at radius 2 is 1.43 bits per heavy atom. The lowest BCUT2D eigenvalue weighted by Gasteiger charge is -2.46. The molecular formula is C48H35N3. The van der Waals surface area contributed by atoms with E-state index in [0.29, 0.717) is 11.8 Å². The Morgan fingerprint density at radius 3 is 2.29 bits per heavy atom. The third-order valence-corrected chi connectivity index (χ3v) is 13.1. The van der Waals surface area contributed by atoms with Gasteiger partial charge in [0.05, 0.1) is 22.2 Å². The maximum Gasteiger partial charge on any atom is 0.235 e. The summed E-state index contributed by atoms with van der Waals surface area (Å²) in [6, 6.07) is 40.5. The second-order valence-corrected chi connectivity index (χ2v) is 15.6. The van der Waals surface area contributed by atoms with Crippen molar-refractivity contribution >= 4 is 49.1 Å². The molecule has 0 fully saturated rings. The van der Waals surface area contributed by atoms with Gasteiger partial charge in [0.15, 0.2) is 0 Å². The number of rotatable bonds is 1. The maximum atomic E-state index is 5.52. The molecule has 51 heavy (non-hydrogen) atoms. The van der Waals surface area contributed by atoms with Crippen LogP contribution >= 0.6 is 0 Å². The van der Waals surface area contributed by atoms with Gasteiger partial charge in [0, 0.05) is 27.1 Å². The third-order valence-electron chi connectivity index (χ3n) is 13.1. The highest BCUT2D eigenvalue weighted by Gasteiger charge is 2.47.